The van der Waals surface area contributed by atoms with E-state index in [0.29, 0.717) is 6.54 Å². The van der Waals surface area contributed by atoms with Gasteiger partial charge in [0.25, 0.3) is 5.91 Å². The highest BCUT2D eigenvalue weighted by molar-refractivity contribution is 6.35. The van der Waals surface area contributed by atoms with Crippen molar-refractivity contribution in [1.82, 2.24) is 14.8 Å². The summed E-state index contributed by atoms with van der Waals surface area (Å²) in [4.78, 5) is 36.6. The summed E-state index contributed by atoms with van der Waals surface area (Å²) in [6, 6.07) is 3.33. The van der Waals surface area contributed by atoms with Gasteiger partial charge >= 0.3 is 6.09 Å². The molecule has 3 aliphatic rings. The molecule has 2 amide bonds. The molecule has 2 saturated heterocycles. The van der Waals surface area contributed by atoms with Crippen molar-refractivity contribution in [3.05, 3.63) is 34.6 Å². The van der Waals surface area contributed by atoms with Crippen LogP contribution in [0.2, 0.25) is 5.02 Å². The summed E-state index contributed by atoms with van der Waals surface area (Å²) in [5.41, 5.74) is -1.84. The zero-order valence-electron chi connectivity index (χ0n) is 23.4. The van der Waals surface area contributed by atoms with Crippen molar-refractivity contribution in [3.63, 3.8) is 0 Å². The van der Waals surface area contributed by atoms with E-state index < -0.39 is 35.1 Å². The lowest BCUT2D eigenvalue weighted by atomic mass is 10.0. The van der Waals surface area contributed by atoms with Crippen molar-refractivity contribution in [2.45, 2.75) is 44.9 Å². The summed E-state index contributed by atoms with van der Waals surface area (Å²) in [7, 11) is 0. The number of aromatic nitrogens is 1. The van der Waals surface area contributed by atoms with Gasteiger partial charge in [0, 0.05) is 26.2 Å². The Morgan fingerprint density at radius 3 is 2.71 bits per heavy atom. The molecule has 41 heavy (non-hydrogen) atoms. The monoisotopic (exact) mass is 592 g/mol. The number of phenols is 1. The number of ether oxygens (including phenoxy) is 3. The molecule has 2 fully saturated rings. The summed E-state index contributed by atoms with van der Waals surface area (Å²) in [5, 5.41) is 20.4. The normalized spacial score (nSPS) is 23.0. The van der Waals surface area contributed by atoms with Gasteiger partial charge in [-0.1, -0.05) is 17.7 Å². The van der Waals surface area contributed by atoms with Crippen LogP contribution in [0.1, 0.15) is 38.1 Å². The van der Waals surface area contributed by atoms with Gasteiger partial charge in [0.05, 0.1) is 31.4 Å². The van der Waals surface area contributed by atoms with Gasteiger partial charge in [-0.3, -0.25) is 4.79 Å². The number of hydrogen-bond donors (Lipinski definition) is 2. The van der Waals surface area contributed by atoms with Crippen LogP contribution < -0.4 is 9.64 Å². The molecule has 3 aliphatic heterocycles. The number of amides is 2. The average molecular weight is 593 g/mol. The van der Waals surface area contributed by atoms with Crippen LogP contribution in [0.5, 0.6) is 11.5 Å². The van der Waals surface area contributed by atoms with E-state index in [1.807, 2.05) is 0 Å². The Morgan fingerprint density at radius 2 is 2.02 bits per heavy atom. The number of aromatic hydroxyl groups is 1. The Hall–Kier alpha value is -3.35. The number of nitrogens with zero attached hydrogens (tertiary/aromatic N) is 4. The second kappa shape index (κ2) is 10.8. The van der Waals surface area contributed by atoms with E-state index in [2.05, 4.69) is 4.98 Å². The van der Waals surface area contributed by atoms with Gasteiger partial charge in [0.15, 0.2) is 5.75 Å². The number of carbonyl (C=O) groups is 2. The number of anilines is 1. The second-order valence-electron chi connectivity index (χ2n) is 11.7. The van der Waals surface area contributed by atoms with Gasteiger partial charge in [-0.25, -0.2) is 14.2 Å². The number of morpholine rings is 1. The first-order valence-electron chi connectivity index (χ1n) is 13.4. The minimum absolute atomic E-state index is 0.00136. The topological polar surface area (TPSA) is 125 Å². The highest BCUT2D eigenvalue weighted by atomic mass is 35.5. The molecule has 0 bridgehead atoms. The summed E-state index contributed by atoms with van der Waals surface area (Å²) in [6.07, 6.45) is -0.485. The molecule has 0 saturated carbocycles. The van der Waals surface area contributed by atoms with Gasteiger partial charge in [-0.2, -0.15) is 0 Å². The van der Waals surface area contributed by atoms with Crippen molar-refractivity contribution in [2.75, 3.05) is 57.4 Å². The largest absolute Gasteiger partial charge is 0.507 e. The first kappa shape index (κ1) is 29.2. The van der Waals surface area contributed by atoms with E-state index in [0.717, 1.165) is 0 Å². The van der Waals surface area contributed by atoms with Crippen LogP contribution in [-0.4, -0.2) is 107 Å². The lowest BCUT2D eigenvalue weighted by molar-refractivity contribution is -0.0745. The fraction of sp³-hybridized carbons (Fsp3) is 0.536. The molecule has 222 valence electrons. The molecule has 0 aliphatic carbocycles. The van der Waals surface area contributed by atoms with Crippen LogP contribution in [-0.2, 0) is 9.47 Å². The molecule has 1 unspecified atom stereocenters. The Kier molecular flexibility index (Phi) is 7.68. The molecular formula is C28H34ClFN4O7. The summed E-state index contributed by atoms with van der Waals surface area (Å²) in [5.74, 6) is -1.35. The molecule has 2 N–H and O–H groups in total. The highest BCUT2D eigenvalue weighted by Gasteiger charge is 2.43. The quantitative estimate of drug-likeness (QED) is 0.552. The molecule has 0 spiro atoms. The molecule has 4 heterocycles. The maximum atomic E-state index is 15.0. The van der Waals surface area contributed by atoms with Crippen molar-refractivity contribution < 1.29 is 38.4 Å². The van der Waals surface area contributed by atoms with E-state index in [-0.39, 0.29) is 85.2 Å². The Labute approximate surface area is 242 Å². The number of piperazine rings is 1. The summed E-state index contributed by atoms with van der Waals surface area (Å²) in [6.45, 7) is 8.20. The van der Waals surface area contributed by atoms with Crippen LogP contribution in [0.25, 0.3) is 11.3 Å². The van der Waals surface area contributed by atoms with E-state index in [1.165, 1.54) is 23.1 Å². The van der Waals surface area contributed by atoms with Crippen LogP contribution in [0.4, 0.5) is 15.0 Å². The van der Waals surface area contributed by atoms with Crippen LogP contribution in [0, 0.1) is 5.82 Å². The molecule has 1 aromatic carbocycles. The second-order valence-corrected chi connectivity index (χ2v) is 12.1. The van der Waals surface area contributed by atoms with E-state index in [4.69, 9.17) is 25.8 Å². The third-order valence-electron chi connectivity index (χ3n) is 7.30. The fourth-order valence-electron chi connectivity index (χ4n) is 5.29. The van der Waals surface area contributed by atoms with Crippen molar-refractivity contribution in [3.8, 4) is 22.8 Å². The lowest BCUT2D eigenvalue weighted by Gasteiger charge is -2.41. The van der Waals surface area contributed by atoms with E-state index in [9.17, 15) is 19.8 Å². The number of benzene rings is 1. The number of rotatable bonds is 3. The third kappa shape index (κ3) is 5.60. The SMILES string of the molecule is CC(C)(C)OC(=O)N1CCN2C(=O)c3c(N4CCOC(C)(CO)C4)nc(-c4c(O)cccc4F)c(Cl)c3OC[C@H]2C1. The molecule has 5 rings (SSSR count). The maximum absolute atomic E-state index is 15.0. The minimum atomic E-state index is -0.942. The van der Waals surface area contributed by atoms with Gasteiger partial charge in [-0.15, -0.1) is 0 Å². The van der Waals surface area contributed by atoms with Crippen molar-refractivity contribution >= 4 is 29.4 Å². The van der Waals surface area contributed by atoms with Gasteiger partial charge < -0.3 is 39.1 Å². The Bertz CT molecular complexity index is 1350. The molecular weight excluding hydrogens is 559 g/mol. The third-order valence-corrected chi connectivity index (χ3v) is 7.65. The zero-order valence-corrected chi connectivity index (χ0v) is 24.2. The molecule has 13 heteroatoms. The number of fused-ring (bicyclic) bond motifs is 2. The number of carbonyl (C=O) groups excluding carboxylic acids is 2. The molecule has 1 aromatic heterocycles. The number of aliphatic hydroxyl groups excluding tert-OH is 1. The number of halogens is 2. The van der Waals surface area contributed by atoms with Crippen LogP contribution >= 0.6 is 11.6 Å². The van der Waals surface area contributed by atoms with E-state index in [1.54, 1.807) is 37.5 Å². The van der Waals surface area contributed by atoms with Crippen molar-refractivity contribution in [2.24, 2.45) is 0 Å². The zero-order chi connectivity index (χ0) is 29.7. The van der Waals surface area contributed by atoms with Gasteiger partial charge in [0.1, 0.15) is 51.5 Å². The predicted molar refractivity (Wildman–Crippen MR) is 148 cm³/mol. The van der Waals surface area contributed by atoms with Gasteiger partial charge in [-0.05, 0) is 39.8 Å². The number of phenolic OH excluding ortho intramolecular Hbond substituents is 1. The number of pyridine rings is 1. The molecule has 11 nitrogen and oxygen atoms in total. The fourth-order valence-corrected chi connectivity index (χ4v) is 5.57. The molecule has 2 aromatic rings. The predicted octanol–water partition coefficient (Wildman–Crippen LogP) is 3.29. The minimum Gasteiger partial charge on any atom is -0.507 e. The highest BCUT2D eigenvalue weighted by Crippen LogP contribution is 2.46. The van der Waals surface area contributed by atoms with Gasteiger partial charge in [0.2, 0.25) is 0 Å². The molecule has 2 atom stereocenters. The standard InChI is InChI=1S/C28H34ClFN4O7/c1-27(2,3)41-26(38)32-8-9-34-16(12-32)13-39-23-20(25(34)37)24(33-10-11-40-28(4,14-33)15-35)31-22(21(23)29)19-17(30)6-5-7-18(19)36/h5-7,16,35-36H,8-15H2,1-4H3/t16-,28?/m1/s1. The Balaban J connectivity index is 1.59. The first-order valence-corrected chi connectivity index (χ1v) is 13.8. The maximum Gasteiger partial charge on any atom is 0.410 e. The smallest absolute Gasteiger partial charge is 0.410 e. The van der Waals surface area contributed by atoms with E-state index >= 15 is 4.39 Å². The number of aliphatic hydroxyl groups is 1. The first-order chi connectivity index (χ1) is 19.3. The summed E-state index contributed by atoms with van der Waals surface area (Å²) >= 11 is 6.78. The Morgan fingerprint density at radius 1 is 1.27 bits per heavy atom. The van der Waals surface area contributed by atoms with Crippen LogP contribution in [0.3, 0.4) is 0 Å². The number of hydrogen-bond acceptors (Lipinski definition) is 9. The lowest BCUT2D eigenvalue weighted by Crippen LogP contribution is -2.58. The molecule has 0 radical (unpaired) electrons. The summed E-state index contributed by atoms with van der Waals surface area (Å²) < 4.78 is 32.5. The van der Waals surface area contributed by atoms with Crippen LogP contribution in [0.15, 0.2) is 18.2 Å². The average Bonchev–Trinajstić information content (AvgIpc) is 3.05. The van der Waals surface area contributed by atoms with Crippen molar-refractivity contribution in [1.29, 1.82) is 0 Å².